The van der Waals surface area contributed by atoms with E-state index in [4.69, 9.17) is 9.68 Å². The van der Waals surface area contributed by atoms with Crippen molar-refractivity contribution in [2.75, 3.05) is 5.32 Å². The molecule has 2 N–H and O–H groups in total. The minimum Gasteiger partial charge on any atom is -0.459 e. The van der Waals surface area contributed by atoms with Gasteiger partial charge in [-0.05, 0) is 35.7 Å². The van der Waals surface area contributed by atoms with Crippen LogP contribution in [-0.2, 0) is 11.2 Å². The Balaban J connectivity index is 2.03. The largest absolute Gasteiger partial charge is 0.459 e. The Morgan fingerprint density at radius 3 is 2.46 bits per heavy atom. The van der Waals surface area contributed by atoms with Gasteiger partial charge in [0.15, 0.2) is 5.76 Å². The number of benzene rings is 1. The van der Waals surface area contributed by atoms with E-state index in [1.807, 2.05) is 13.8 Å². The molecule has 2 rings (SSSR count). The highest BCUT2D eigenvalue weighted by Gasteiger charge is 2.25. The van der Waals surface area contributed by atoms with Gasteiger partial charge in [-0.2, -0.15) is 5.26 Å². The molecule has 0 fully saturated rings. The van der Waals surface area contributed by atoms with Gasteiger partial charge in [-0.25, -0.2) is 0 Å². The van der Waals surface area contributed by atoms with Crippen LogP contribution in [0.25, 0.3) is 0 Å². The summed E-state index contributed by atoms with van der Waals surface area (Å²) in [5.74, 6) is -0.674. The van der Waals surface area contributed by atoms with Crippen LogP contribution in [0.2, 0.25) is 0 Å². The fourth-order valence-corrected chi connectivity index (χ4v) is 2.17. The molecule has 0 radical (unpaired) electrons. The first-order chi connectivity index (χ1) is 11.5. The summed E-state index contributed by atoms with van der Waals surface area (Å²) < 4.78 is 5.04. The highest BCUT2D eigenvalue weighted by molar-refractivity contribution is 6.00. The predicted octanol–water partition coefficient (Wildman–Crippen LogP) is 2.74. The number of rotatable bonds is 6. The molecule has 24 heavy (non-hydrogen) atoms. The van der Waals surface area contributed by atoms with Gasteiger partial charge in [0, 0.05) is 5.69 Å². The highest BCUT2D eigenvalue weighted by atomic mass is 16.3. The molecule has 0 aliphatic carbocycles. The van der Waals surface area contributed by atoms with E-state index >= 15 is 0 Å². The standard InChI is InChI=1S/C18H19N3O3/c1-12(2)16(21-17(22)15-4-3-11-24-15)18(23)20-14-7-5-13(6-8-14)9-10-19/h3-8,11-12,16H,9H2,1-2H3,(H,20,23)(H,21,22)/t16-/m0/s1. The summed E-state index contributed by atoms with van der Waals surface area (Å²) >= 11 is 0. The molecular formula is C18H19N3O3. The van der Waals surface area contributed by atoms with Crippen LogP contribution in [0.5, 0.6) is 0 Å². The van der Waals surface area contributed by atoms with Crippen molar-refractivity contribution in [1.29, 1.82) is 5.26 Å². The molecule has 0 aliphatic rings. The average molecular weight is 325 g/mol. The maximum atomic E-state index is 12.5. The number of nitrogens with one attached hydrogen (secondary N) is 2. The fraction of sp³-hybridized carbons (Fsp3) is 0.278. The number of amides is 2. The first-order valence-corrected chi connectivity index (χ1v) is 7.62. The third kappa shape index (κ3) is 4.46. The van der Waals surface area contributed by atoms with E-state index in [0.717, 1.165) is 5.56 Å². The van der Waals surface area contributed by atoms with Gasteiger partial charge in [0.1, 0.15) is 6.04 Å². The lowest BCUT2D eigenvalue weighted by Crippen LogP contribution is -2.47. The zero-order valence-corrected chi connectivity index (χ0v) is 13.6. The summed E-state index contributed by atoms with van der Waals surface area (Å²) in [7, 11) is 0. The topological polar surface area (TPSA) is 95.1 Å². The van der Waals surface area contributed by atoms with Crippen molar-refractivity contribution >= 4 is 17.5 Å². The molecule has 0 unspecified atom stereocenters. The smallest absolute Gasteiger partial charge is 0.287 e. The number of carbonyl (C=O) groups is 2. The summed E-state index contributed by atoms with van der Waals surface area (Å²) in [6.45, 7) is 3.70. The molecule has 6 nitrogen and oxygen atoms in total. The van der Waals surface area contributed by atoms with Gasteiger partial charge in [0.25, 0.3) is 5.91 Å². The number of nitriles is 1. The molecule has 1 atom stereocenters. The zero-order chi connectivity index (χ0) is 17.5. The van der Waals surface area contributed by atoms with E-state index < -0.39 is 11.9 Å². The van der Waals surface area contributed by atoms with Crippen molar-refractivity contribution < 1.29 is 14.0 Å². The number of hydrogen-bond acceptors (Lipinski definition) is 4. The Labute approximate surface area is 140 Å². The summed E-state index contributed by atoms with van der Waals surface area (Å²) in [5.41, 5.74) is 1.49. The first-order valence-electron chi connectivity index (χ1n) is 7.62. The van der Waals surface area contributed by atoms with E-state index in [1.165, 1.54) is 6.26 Å². The molecule has 1 heterocycles. The summed E-state index contributed by atoms with van der Waals surface area (Å²) in [5, 5.41) is 14.1. The highest BCUT2D eigenvalue weighted by Crippen LogP contribution is 2.13. The molecule has 0 spiro atoms. The molecule has 1 aromatic heterocycles. The second-order valence-electron chi connectivity index (χ2n) is 5.69. The van der Waals surface area contributed by atoms with Crippen molar-refractivity contribution in [2.45, 2.75) is 26.3 Å². The Morgan fingerprint density at radius 2 is 1.92 bits per heavy atom. The van der Waals surface area contributed by atoms with Crippen molar-refractivity contribution in [3.63, 3.8) is 0 Å². The SMILES string of the molecule is CC(C)[C@H](NC(=O)c1ccco1)C(=O)Nc1ccc(CC#N)cc1. The average Bonchev–Trinajstić information content (AvgIpc) is 3.08. The summed E-state index contributed by atoms with van der Waals surface area (Å²) in [4.78, 5) is 24.5. The fourth-order valence-electron chi connectivity index (χ4n) is 2.17. The van der Waals surface area contributed by atoms with Gasteiger partial charge in [0.2, 0.25) is 5.91 Å². The molecule has 1 aromatic carbocycles. The summed E-state index contributed by atoms with van der Waals surface area (Å²) in [6.07, 6.45) is 1.73. The van der Waals surface area contributed by atoms with Gasteiger partial charge >= 0.3 is 0 Å². The maximum Gasteiger partial charge on any atom is 0.287 e. The van der Waals surface area contributed by atoms with Crippen molar-refractivity contribution in [3.05, 3.63) is 54.0 Å². The molecule has 6 heteroatoms. The Kier molecular flexibility index (Phi) is 5.74. The molecule has 0 bridgehead atoms. The third-order valence-electron chi connectivity index (χ3n) is 3.49. The number of anilines is 1. The lowest BCUT2D eigenvalue weighted by molar-refractivity contribution is -0.118. The van der Waals surface area contributed by atoms with Crippen LogP contribution in [0.15, 0.2) is 47.1 Å². The van der Waals surface area contributed by atoms with Crippen molar-refractivity contribution in [2.24, 2.45) is 5.92 Å². The Bertz CT molecular complexity index is 728. The Morgan fingerprint density at radius 1 is 1.21 bits per heavy atom. The second kappa shape index (κ2) is 7.97. The predicted molar refractivity (Wildman–Crippen MR) is 89.2 cm³/mol. The van der Waals surface area contributed by atoms with Crippen LogP contribution in [0.1, 0.15) is 30.0 Å². The lowest BCUT2D eigenvalue weighted by Gasteiger charge is -2.21. The Hall–Kier alpha value is -3.07. The zero-order valence-electron chi connectivity index (χ0n) is 13.6. The van der Waals surface area contributed by atoms with Crippen LogP contribution in [-0.4, -0.2) is 17.9 Å². The summed E-state index contributed by atoms with van der Waals surface area (Å²) in [6, 6.07) is 11.6. The minimum atomic E-state index is -0.693. The molecule has 0 saturated heterocycles. The van der Waals surface area contributed by atoms with Crippen molar-refractivity contribution in [1.82, 2.24) is 5.32 Å². The van der Waals surface area contributed by atoms with Gasteiger partial charge in [-0.15, -0.1) is 0 Å². The molecule has 124 valence electrons. The number of nitrogens with zero attached hydrogens (tertiary/aromatic N) is 1. The quantitative estimate of drug-likeness (QED) is 0.853. The van der Waals surface area contributed by atoms with E-state index in [2.05, 4.69) is 16.7 Å². The number of hydrogen-bond donors (Lipinski definition) is 2. The van der Waals surface area contributed by atoms with E-state index in [-0.39, 0.29) is 17.6 Å². The van der Waals surface area contributed by atoms with Gasteiger partial charge < -0.3 is 15.1 Å². The van der Waals surface area contributed by atoms with Crippen LogP contribution in [0.3, 0.4) is 0 Å². The van der Waals surface area contributed by atoms with E-state index in [0.29, 0.717) is 12.1 Å². The maximum absolute atomic E-state index is 12.5. The minimum absolute atomic E-state index is 0.0956. The molecule has 2 aromatic rings. The number of carbonyl (C=O) groups excluding carboxylic acids is 2. The van der Waals surface area contributed by atoms with Crippen LogP contribution in [0, 0.1) is 17.2 Å². The van der Waals surface area contributed by atoms with Crippen LogP contribution in [0.4, 0.5) is 5.69 Å². The van der Waals surface area contributed by atoms with Gasteiger partial charge in [0.05, 0.1) is 18.8 Å². The van der Waals surface area contributed by atoms with Crippen LogP contribution < -0.4 is 10.6 Å². The monoisotopic (exact) mass is 325 g/mol. The molecule has 0 saturated carbocycles. The van der Waals surface area contributed by atoms with Crippen LogP contribution >= 0.6 is 0 Å². The van der Waals surface area contributed by atoms with Gasteiger partial charge in [-0.3, -0.25) is 9.59 Å². The first kappa shape index (κ1) is 17.3. The molecule has 0 aliphatic heterocycles. The second-order valence-corrected chi connectivity index (χ2v) is 5.69. The van der Waals surface area contributed by atoms with Gasteiger partial charge in [-0.1, -0.05) is 26.0 Å². The van der Waals surface area contributed by atoms with E-state index in [9.17, 15) is 9.59 Å². The van der Waals surface area contributed by atoms with Crippen molar-refractivity contribution in [3.8, 4) is 6.07 Å². The number of furan rings is 1. The molecular weight excluding hydrogens is 306 g/mol. The normalized spacial score (nSPS) is 11.6. The van der Waals surface area contributed by atoms with E-state index in [1.54, 1.807) is 36.4 Å². The third-order valence-corrected chi connectivity index (χ3v) is 3.49. The lowest BCUT2D eigenvalue weighted by atomic mass is 10.0. The molecule has 2 amide bonds.